The van der Waals surface area contributed by atoms with Gasteiger partial charge in [0, 0.05) is 6.42 Å². The highest BCUT2D eigenvalue weighted by Crippen LogP contribution is 2.26. The molecule has 1 aromatic carbocycles. The van der Waals surface area contributed by atoms with Gasteiger partial charge in [-0.15, -0.1) is 0 Å². The van der Waals surface area contributed by atoms with Gasteiger partial charge >= 0.3 is 18.6 Å². The van der Waals surface area contributed by atoms with Crippen LogP contribution in [0.5, 0.6) is 5.75 Å². The molecule has 0 aliphatic heterocycles. The minimum absolute atomic E-state index is 0.00738. The summed E-state index contributed by atoms with van der Waals surface area (Å²) in [5.74, 6) is -2.17. The van der Waals surface area contributed by atoms with Crippen molar-refractivity contribution in [1.29, 1.82) is 0 Å². The SMILES string of the molecule is CCOC(=O)CCc1cc(C(O)C(=O)O)ccc1OC(F)F. The lowest BCUT2D eigenvalue weighted by molar-refractivity contribution is -0.147. The summed E-state index contributed by atoms with van der Waals surface area (Å²) in [4.78, 5) is 22.1. The van der Waals surface area contributed by atoms with Crippen molar-refractivity contribution in [2.24, 2.45) is 0 Å². The van der Waals surface area contributed by atoms with Gasteiger partial charge in [0.05, 0.1) is 6.61 Å². The molecule has 8 heteroatoms. The molecule has 2 N–H and O–H groups in total. The van der Waals surface area contributed by atoms with Gasteiger partial charge in [0.25, 0.3) is 0 Å². The number of aliphatic hydroxyl groups excluding tert-OH is 1. The lowest BCUT2D eigenvalue weighted by Gasteiger charge is -2.13. The third kappa shape index (κ3) is 5.28. The fraction of sp³-hybridized carbons (Fsp3) is 0.429. The predicted molar refractivity (Wildman–Crippen MR) is 70.6 cm³/mol. The molecular weight excluding hydrogens is 302 g/mol. The molecule has 0 spiro atoms. The van der Waals surface area contributed by atoms with Crippen LogP contribution in [0.1, 0.15) is 30.6 Å². The maximum atomic E-state index is 12.4. The molecular formula is C14H16F2O6. The number of esters is 1. The van der Waals surface area contributed by atoms with Crippen molar-refractivity contribution in [1.82, 2.24) is 0 Å². The zero-order valence-corrected chi connectivity index (χ0v) is 11.8. The lowest BCUT2D eigenvalue weighted by Crippen LogP contribution is -2.12. The molecule has 1 aromatic rings. The molecule has 6 nitrogen and oxygen atoms in total. The Morgan fingerprint density at radius 1 is 1.32 bits per heavy atom. The summed E-state index contributed by atoms with van der Waals surface area (Å²) in [7, 11) is 0. The van der Waals surface area contributed by atoms with Crippen LogP contribution in [0.2, 0.25) is 0 Å². The molecule has 0 heterocycles. The van der Waals surface area contributed by atoms with E-state index in [1.54, 1.807) is 6.92 Å². The molecule has 0 aliphatic rings. The Morgan fingerprint density at radius 2 is 2.00 bits per heavy atom. The maximum absolute atomic E-state index is 12.4. The van der Waals surface area contributed by atoms with Crippen molar-refractivity contribution in [3.8, 4) is 5.75 Å². The van der Waals surface area contributed by atoms with E-state index in [0.29, 0.717) is 0 Å². The Hall–Kier alpha value is -2.22. The van der Waals surface area contributed by atoms with Gasteiger partial charge in [0.1, 0.15) is 5.75 Å². The first kappa shape index (κ1) is 17.8. The first-order valence-electron chi connectivity index (χ1n) is 6.49. The van der Waals surface area contributed by atoms with Crippen molar-refractivity contribution in [2.75, 3.05) is 6.61 Å². The van der Waals surface area contributed by atoms with Crippen LogP contribution in [0.15, 0.2) is 18.2 Å². The molecule has 0 saturated heterocycles. The Bertz CT molecular complexity index is 532. The van der Waals surface area contributed by atoms with Crippen LogP contribution in [0.25, 0.3) is 0 Å². The third-order valence-corrected chi connectivity index (χ3v) is 2.75. The molecule has 0 aliphatic carbocycles. The summed E-state index contributed by atoms with van der Waals surface area (Å²) in [5.41, 5.74) is 0.194. The number of ether oxygens (including phenoxy) is 2. The van der Waals surface area contributed by atoms with E-state index in [9.17, 15) is 23.5 Å². The predicted octanol–water partition coefficient (Wildman–Crippen LogP) is 1.90. The van der Waals surface area contributed by atoms with E-state index in [2.05, 4.69) is 4.74 Å². The van der Waals surface area contributed by atoms with Crippen LogP contribution in [0.4, 0.5) is 8.78 Å². The summed E-state index contributed by atoms with van der Waals surface area (Å²) in [5, 5.41) is 18.2. The fourth-order valence-electron chi connectivity index (χ4n) is 1.79. The fourth-order valence-corrected chi connectivity index (χ4v) is 1.79. The van der Waals surface area contributed by atoms with Crippen LogP contribution >= 0.6 is 0 Å². The molecule has 0 bridgehead atoms. The van der Waals surface area contributed by atoms with Gasteiger partial charge in [0.15, 0.2) is 6.10 Å². The normalized spacial score (nSPS) is 12.0. The van der Waals surface area contributed by atoms with Crippen molar-refractivity contribution < 1.29 is 38.1 Å². The van der Waals surface area contributed by atoms with Gasteiger partial charge in [-0.3, -0.25) is 4.79 Å². The highest BCUT2D eigenvalue weighted by Gasteiger charge is 2.19. The summed E-state index contributed by atoms with van der Waals surface area (Å²) in [6.45, 7) is -1.24. The summed E-state index contributed by atoms with van der Waals surface area (Å²) < 4.78 is 33.7. The maximum Gasteiger partial charge on any atom is 0.387 e. The molecule has 1 rings (SSSR count). The van der Waals surface area contributed by atoms with E-state index in [-0.39, 0.29) is 36.3 Å². The van der Waals surface area contributed by atoms with Gasteiger partial charge < -0.3 is 19.7 Å². The molecule has 0 fully saturated rings. The number of benzene rings is 1. The number of hydrogen-bond acceptors (Lipinski definition) is 5. The van der Waals surface area contributed by atoms with E-state index in [4.69, 9.17) is 9.84 Å². The number of aryl methyl sites for hydroxylation is 1. The number of carboxylic acids is 1. The van der Waals surface area contributed by atoms with Gasteiger partial charge in [-0.1, -0.05) is 6.07 Å². The number of carbonyl (C=O) groups is 2. The summed E-state index contributed by atoms with van der Waals surface area (Å²) in [6, 6.07) is 3.52. The number of aliphatic carboxylic acids is 1. The van der Waals surface area contributed by atoms with Crippen molar-refractivity contribution in [3.63, 3.8) is 0 Å². The van der Waals surface area contributed by atoms with E-state index < -0.39 is 24.7 Å². The van der Waals surface area contributed by atoms with Crippen molar-refractivity contribution in [3.05, 3.63) is 29.3 Å². The second-order valence-electron chi connectivity index (χ2n) is 4.29. The van der Waals surface area contributed by atoms with Gasteiger partial charge in [0.2, 0.25) is 0 Å². The highest BCUT2D eigenvalue weighted by molar-refractivity contribution is 5.74. The number of rotatable bonds is 8. The second-order valence-corrected chi connectivity index (χ2v) is 4.29. The molecule has 0 saturated carbocycles. The molecule has 0 radical (unpaired) electrons. The van der Waals surface area contributed by atoms with E-state index in [0.717, 1.165) is 6.07 Å². The average Bonchev–Trinajstić information content (AvgIpc) is 2.45. The number of hydrogen-bond donors (Lipinski definition) is 2. The van der Waals surface area contributed by atoms with Gasteiger partial charge in [-0.25, -0.2) is 4.79 Å². The zero-order chi connectivity index (χ0) is 16.7. The number of alkyl halides is 2. The number of carbonyl (C=O) groups excluding carboxylic acids is 1. The smallest absolute Gasteiger partial charge is 0.387 e. The number of carboxylic acid groups (broad SMARTS) is 1. The molecule has 22 heavy (non-hydrogen) atoms. The largest absolute Gasteiger partial charge is 0.479 e. The Kier molecular flexibility index (Phi) is 6.71. The zero-order valence-electron chi connectivity index (χ0n) is 11.8. The first-order chi connectivity index (χ1) is 10.3. The molecule has 1 unspecified atom stereocenters. The van der Waals surface area contributed by atoms with Crippen LogP contribution in [-0.4, -0.2) is 35.4 Å². The number of aliphatic hydroxyl groups is 1. The minimum Gasteiger partial charge on any atom is -0.479 e. The van der Waals surface area contributed by atoms with Crippen LogP contribution in [0.3, 0.4) is 0 Å². The second kappa shape index (κ2) is 8.28. The van der Waals surface area contributed by atoms with E-state index in [1.165, 1.54) is 12.1 Å². The first-order valence-corrected chi connectivity index (χ1v) is 6.49. The monoisotopic (exact) mass is 318 g/mol. The van der Waals surface area contributed by atoms with Gasteiger partial charge in [-0.05, 0) is 36.6 Å². The molecule has 0 aromatic heterocycles. The van der Waals surface area contributed by atoms with Crippen molar-refractivity contribution >= 4 is 11.9 Å². The van der Waals surface area contributed by atoms with Crippen LogP contribution in [0, 0.1) is 0 Å². The highest BCUT2D eigenvalue weighted by atomic mass is 19.3. The quantitative estimate of drug-likeness (QED) is 0.711. The third-order valence-electron chi connectivity index (χ3n) is 2.75. The lowest BCUT2D eigenvalue weighted by atomic mass is 10.0. The van der Waals surface area contributed by atoms with E-state index >= 15 is 0 Å². The minimum atomic E-state index is -3.06. The standard InChI is InChI=1S/C14H16F2O6/c1-2-21-11(17)6-4-8-7-9(12(18)13(19)20)3-5-10(8)22-14(15)16/h3,5,7,12,14,18H,2,4,6H2,1H3,(H,19,20). The van der Waals surface area contributed by atoms with Crippen molar-refractivity contribution in [2.45, 2.75) is 32.5 Å². The van der Waals surface area contributed by atoms with Crippen LogP contribution in [-0.2, 0) is 20.7 Å². The Labute approximate surface area is 125 Å². The average molecular weight is 318 g/mol. The topological polar surface area (TPSA) is 93.1 Å². The van der Waals surface area contributed by atoms with Crippen LogP contribution < -0.4 is 4.74 Å². The summed E-state index contributed by atoms with van der Waals surface area (Å²) in [6.07, 6.45) is -1.86. The van der Waals surface area contributed by atoms with Gasteiger partial charge in [-0.2, -0.15) is 8.78 Å². The number of halogens is 2. The molecule has 1 atom stereocenters. The molecule has 0 amide bonds. The Morgan fingerprint density at radius 3 is 2.55 bits per heavy atom. The summed E-state index contributed by atoms with van der Waals surface area (Å²) >= 11 is 0. The molecule has 122 valence electrons. The Balaban J connectivity index is 2.98. The van der Waals surface area contributed by atoms with E-state index in [1.807, 2.05) is 0 Å².